The van der Waals surface area contributed by atoms with Crippen LogP contribution < -0.4 is 5.32 Å². The Morgan fingerprint density at radius 2 is 2.05 bits per heavy atom. The first kappa shape index (κ1) is 14.8. The number of morpholine rings is 1. The van der Waals surface area contributed by atoms with Crippen molar-refractivity contribution in [1.29, 1.82) is 0 Å². The third-order valence-electron chi connectivity index (χ3n) is 3.88. The second kappa shape index (κ2) is 8.51. The van der Waals surface area contributed by atoms with Crippen LogP contribution in [0.3, 0.4) is 0 Å². The van der Waals surface area contributed by atoms with Crippen LogP contribution in [-0.2, 0) is 14.3 Å². The van der Waals surface area contributed by atoms with Crippen molar-refractivity contribution >= 4 is 5.91 Å². The Bertz CT molecular complexity index is 261. The SMILES string of the molecule is O=C(CCCN1CCOCC1)NCC[C@H]1CCOC1. The molecule has 0 unspecified atom stereocenters. The maximum Gasteiger partial charge on any atom is 0.220 e. The lowest BCUT2D eigenvalue weighted by molar-refractivity contribution is -0.121. The van der Waals surface area contributed by atoms with E-state index >= 15 is 0 Å². The van der Waals surface area contributed by atoms with Crippen LogP contribution in [0.5, 0.6) is 0 Å². The molecule has 5 nitrogen and oxygen atoms in total. The Labute approximate surface area is 115 Å². The number of nitrogens with zero attached hydrogens (tertiary/aromatic N) is 1. The molecule has 0 aromatic carbocycles. The average molecular weight is 270 g/mol. The molecule has 0 aromatic heterocycles. The van der Waals surface area contributed by atoms with Gasteiger partial charge in [0.05, 0.1) is 13.2 Å². The molecular formula is C14H26N2O3. The van der Waals surface area contributed by atoms with Gasteiger partial charge in [0.2, 0.25) is 5.91 Å². The number of nitrogens with one attached hydrogen (secondary N) is 1. The van der Waals surface area contributed by atoms with Crippen molar-refractivity contribution in [3.05, 3.63) is 0 Å². The number of rotatable bonds is 7. The molecule has 2 rings (SSSR count). The van der Waals surface area contributed by atoms with E-state index in [9.17, 15) is 4.79 Å². The first-order chi connectivity index (χ1) is 9.34. The zero-order valence-electron chi connectivity index (χ0n) is 11.7. The summed E-state index contributed by atoms with van der Waals surface area (Å²) in [5.74, 6) is 0.834. The van der Waals surface area contributed by atoms with E-state index in [0.717, 1.165) is 71.9 Å². The van der Waals surface area contributed by atoms with Crippen LogP contribution in [0.15, 0.2) is 0 Å². The van der Waals surface area contributed by atoms with E-state index in [0.29, 0.717) is 12.3 Å². The molecule has 0 spiro atoms. The van der Waals surface area contributed by atoms with Gasteiger partial charge >= 0.3 is 0 Å². The van der Waals surface area contributed by atoms with E-state index in [4.69, 9.17) is 9.47 Å². The zero-order chi connectivity index (χ0) is 13.3. The van der Waals surface area contributed by atoms with Gasteiger partial charge in [-0.05, 0) is 31.7 Å². The lowest BCUT2D eigenvalue weighted by Crippen LogP contribution is -2.37. The molecule has 2 saturated heterocycles. The molecule has 0 aliphatic carbocycles. The third kappa shape index (κ3) is 5.89. The summed E-state index contributed by atoms with van der Waals surface area (Å²) in [5.41, 5.74) is 0. The van der Waals surface area contributed by atoms with Crippen molar-refractivity contribution in [2.75, 3.05) is 52.6 Å². The van der Waals surface area contributed by atoms with Crippen LogP contribution in [0.25, 0.3) is 0 Å². The van der Waals surface area contributed by atoms with Crippen molar-refractivity contribution in [1.82, 2.24) is 10.2 Å². The Kier molecular flexibility index (Phi) is 6.61. The molecule has 5 heteroatoms. The minimum absolute atomic E-state index is 0.187. The number of amides is 1. The van der Waals surface area contributed by atoms with Gasteiger partial charge in [-0.3, -0.25) is 9.69 Å². The second-order valence-electron chi connectivity index (χ2n) is 5.43. The highest BCUT2D eigenvalue weighted by Gasteiger charge is 2.15. The van der Waals surface area contributed by atoms with Crippen LogP contribution in [0.4, 0.5) is 0 Å². The van der Waals surface area contributed by atoms with Crippen molar-refractivity contribution in [2.45, 2.75) is 25.7 Å². The zero-order valence-corrected chi connectivity index (χ0v) is 11.7. The van der Waals surface area contributed by atoms with Crippen LogP contribution >= 0.6 is 0 Å². The van der Waals surface area contributed by atoms with Gasteiger partial charge in [-0.15, -0.1) is 0 Å². The first-order valence-corrected chi connectivity index (χ1v) is 7.49. The molecule has 2 aliphatic rings. The number of hydrogen-bond acceptors (Lipinski definition) is 4. The summed E-state index contributed by atoms with van der Waals surface area (Å²) >= 11 is 0. The summed E-state index contributed by atoms with van der Waals surface area (Å²) in [7, 11) is 0. The molecule has 2 aliphatic heterocycles. The number of ether oxygens (including phenoxy) is 2. The van der Waals surface area contributed by atoms with Gasteiger partial charge in [-0.1, -0.05) is 0 Å². The van der Waals surface area contributed by atoms with Crippen molar-refractivity contribution < 1.29 is 14.3 Å². The van der Waals surface area contributed by atoms with E-state index in [1.54, 1.807) is 0 Å². The first-order valence-electron chi connectivity index (χ1n) is 7.49. The lowest BCUT2D eigenvalue weighted by Gasteiger charge is -2.26. The molecule has 0 saturated carbocycles. The molecule has 19 heavy (non-hydrogen) atoms. The minimum Gasteiger partial charge on any atom is -0.381 e. The maximum atomic E-state index is 11.7. The summed E-state index contributed by atoms with van der Waals surface area (Å²) in [4.78, 5) is 14.0. The smallest absolute Gasteiger partial charge is 0.220 e. The summed E-state index contributed by atoms with van der Waals surface area (Å²) in [5, 5.41) is 3.01. The van der Waals surface area contributed by atoms with E-state index < -0.39 is 0 Å². The van der Waals surface area contributed by atoms with E-state index in [1.807, 2.05) is 0 Å². The summed E-state index contributed by atoms with van der Waals surface area (Å²) < 4.78 is 10.6. The second-order valence-corrected chi connectivity index (χ2v) is 5.43. The average Bonchev–Trinajstić information content (AvgIpc) is 2.93. The molecule has 0 radical (unpaired) electrons. The van der Waals surface area contributed by atoms with E-state index in [2.05, 4.69) is 10.2 Å². The van der Waals surface area contributed by atoms with Gasteiger partial charge < -0.3 is 14.8 Å². The van der Waals surface area contributed by atoms with Crippen LogP contribution in [0.1, 0.15) is 25.7 Å². The van der Waals surface area contributed by atoms with Gasteiger partial charge in [-0.25, -0.2) is 0 Å². The fraction of sp³-hybridized carbons (Fsp3) is 0.929. The van der Waals surface area contributed by atoms with Crippen molar-refractivity contribution in [2.24, 2.45) is 5.92 Å². The molecule has 1 atom stereocenters. The molecular weight excluding hydrogens is 244 g/mol. The molecule has 0 bridgehead atoms. The standard InChI is InChI=1S/C14H26N2O3/c17-14(15-5-3-13-4-9-19-12-13)2-1-6-16-7-10-18-11-8-16/h13H,1-12H2,(H,15,17)/t13-/m0/s1. The molecule has 110 valence electrons. The van der Waals surface area contributed by atoms with Gasteiger partial charge in [0, 0.05) is 39.3 Å². The van der Waals surface area contributed by atoms with Crippen LogP contribution in [0.2, 0.25) is 0 Å². The molecule has 1 amide bonds. The molecule has 2 heterocycles. The molecule has 0 aromatic rings. The number of carbonyl (C=O) groups is 1. The highest BCUT2D eigenvalue weighted by Crippen LogP contribution is 2.15. The Balaban J connectivity index is 1.44. The van der Waals surface area contributed by atoms with Crippen LogP contribution in [0, 0.1) is 5.92 Å². The highest BCUT2D eigenvalue weighted by atomic mass is 16.5. The number of hydrogen-bond donors (Lipinski definition) is 1. The largest absolute Gasteiger partial charge is 0.381 e. The normalized spacial score (nSPS) is 24.5. The van der Waals surface area contributed by atoms with Gasteiger partial charge in [0.25, 0.3) is 0 Å². The minimum atomic E-state index is 0.187. The van der Waals surface area contributed by atoms with Gasteiger partial charge in [0.15, 0.2) is 0 Å². The Hall–Kier alpha value is -0.650. The van der Waals surface area contributed by atoms with Crippen LogP contribution in [-0.4, -0.2) is 63.4 Å². The fourth-order valence-electron chi connectivity index (χ4n) is 2.60. The summed E-state index contributed by atoms with van der Waals surface area (Å²) in [6.07, 6.45) is 3.78. The molecule has 2 fully saturated rings. The maximum absolute atomic E-state index is 11.7. The molecule has 1 N–H and O–H groups in total. The van der Waals surface area contributed by atoms with Gasteiger partial charge in [0.1, 0.15) is 0 Å². The highest BCUT2D eigenvalue weighted by molar-refractivity contribution is 5.75. The predicted octanol–water partition coefficient (Wildman–Crippen LogP) is 0.642. The third-order valence-corrected chi connectivity index (χ3v) is 3.88. The van der Waals surface area contributed by atoms with E-state index in [-0.39, 0.29) is 5.91 Å². The number of carbonyl (C=O) groups excluding carboxylic acids is 1. The Morgan fingerprint density at radius 1 is 1.21 bits per heavy atom. The monoisotopic (exact) mass is 270 g/mol. The lowest BCUT2D eigenvalue weighted by atomic mass is 10.1. The fourth-order valence-corrected chi connectivity index (χ4v) is 2.60. The van der Waals surface area contributed by atoms with Crippen molar-refractivity contribution in [3.8, 4) is 0 Å². The quantitative estimate of drug-likeness (QED) is 0.738. The summed E-state index contributed by atoms with van der Waals surface area (Å²) in [6, 6.07) is 0. The van der Waals surface area contributed by atoms with Crippen molar-refractivity contribution in [3.63, 3.8) is 0 Å². The summed E-state index contributed by atoms with van der Waals surface area (Å²) in [6.45, 7) is 7.22. The van der Waals surface area contributed by atoms with Gasteiger partial charge in [-0.2, -0.15) is 0 Å². The Morgan fingerprint density at radius 3 is 2.79 bits per heavy atom. The topological polar surface area (TPSA) is 50.8 Å². The van der Waals surface area contributed by atoms with E-state index in [1.165, 1.54) is 0 Å². The predicted molar refractivity (Wildman–Crippen MR) is 73.0 cm³/mol.